The van der Waals surface area contributed by atoms with Gasteiger partial charge in [0.15, 0.2) is 0 Å². The summed E-state index contributed by atoms with van der Waals surface area (Å²) in [5, 5.41) is 0. The summed E-state index contributed by atoms with van der Waals surface area (Å²) in [6, 6.07) is 0. The number of hydrogen-bond acceptors (Lipinski definition) is 1. The van der Waals surface area contributed by atoms with Crippen LogP contribution >= 0.6 is 17.0 Å². The SMILES string of the molecule is Br.CCCCCCCCCCCCCCCCC(C)(C)C(C)(C)N. The molecule has 0 heterocycles. The first kappa shape index (κ1) is 26.7. The molecular weight excluding hydrogens is 358 g/mol. The van der Waals surface area contributed by atoms with E-state index in [1.54, 1.807) is 0 Å². The van der Waals surface area contributed by atoms with E-state index < -0.39 is 0 Å². The molecule has 0 aliphatic rings. The molecule has 0 aromatic rings. The lowest BCUT2D eigenvalue weighted by molar-refractivity contribution is 0.180. The lowest BCUT2D eigenvalue weighted by Gasteiger charge is -2.38. The summed E-state index contributed by atoms with van der Waals surface area (Å²) in [7, 11) is 0. The number of rotatable bonds is 16. The van der Waals surface area contributed by atoms with Gasteiger partial charge < -0.3 is 5.73 Å². The highest BCUT2D eigenvalue weighted by molar-refractivity contribution is 8.93. The minimum Gasteiger partial charge on any atom is -0.325 e. The van der Waals surface area contributed by atoms with Crippen LogP contribution in [0.5, 0.6) is 0 Å². The predicted molar refractivity (Wildman–Crippen MR) is 117 cm³/mol. The third-order valence-electron chi connectivity index (χ3n) is 5.90. The number of hydrogen-bond donors (Lipinski definition) is 1. The van der Waals surface area contributed by atoms with Gasteiger partial charge in [-0.3, -0.25) is 0 Å². The molecule has 0 aliphatic heterocycles. The Morgan fingerprint density at radius 3 is 1.12 bits per heavy atom. The van der Waals surface area contributed by atoms with E-state index in [0.29, 0.717) is 0 Å². The topological polar surface area (TPSA) is 26.0 Å². The van der Waals surface area contributed by atoms with E-state index in [0.717, 1.165) is 0 Å². The van der Waals surface area contributed by atoms with Gasteiger partial charge in [-0.15, -0.1) is 17.0 Å². The molecule has 24 heavy (non-hydrogen) atoms. The van der Waals surface area contributed by atoms with Crippen LogP contribution in [0.3, 0.4) is 0 Å². The summed E-state index contributed by atoms with van der Waals surface area (Å²) in [6.07, 6.45) is 21.3. The van der Waals surface area contributed by atoms with Gasteiger partial charge in [0.05, 0.1) is 0 Å². The molecule has 2 N–H and O–H groups in total. The Labute approximate surface area is 164 Å². The summed E-state index contributed by atoms with van der Waals surface area (Å²) in [5.74, 6) is 0. The smallest absolute Gasteiger partial charge is 0.0148 e. The number of nitrogens with two attached hydrogens (primary N) is 1. The quantitative estimate of drug-likeness (QED) is 0.257. The fraction of sp³-hybridized carbons (Fsp3) is 1.00. The molecule has 0 aromatic heterocycles. The fourth-order valence-corrected chi connectivity index (χ4v) is 3.08. The van der Waals surface area contributed by atoms with Crippen LogP contribution in [0, 0.1) is 5.41 Å². The second kappa shape index (κ2) is 15.7. The molecule has 0 spiro atoms. The van der Waals surface area contributed by atoms with Crippen molar-refractivity contribution < 1.29 is 0 Å². The Morgan fingerprint density at radius 2 is 0.833 bits per heavy atom. The Bertz CT molecular complexity index is 255. The molecule has 0 amide bonds. The van der Waals surface area contributed by atoms with Crippen molar-refractivity contribution in [2.45, 2.75) is 136 Å². The zero-order chi connectivity index (χ0) is 17.6. The van der Waals surface area contributed by atoms with E-state index in [-0.39, 0.29) is 27.9 Å². The maximum atomic E-state index is 6.27. The lowest BCUT2D eigenvalue weighted by atomic mass is 9.72. The number of unbranched alkanes of at least 4 members (excludes halogenated alkanes) is 13. The summed E-state index contributed by atoms with van der Waals surface area (Å²) < 4.78 is 0. The van der Waals surface area contributed by atoms with Crippen LogP contribution in [0.4, 0.5) is 0 Å². The van der Waals surface area contributed by atoms with Crippen molar-refractivity contribution in [3.05, 3.63) is 0 Å². The van der Waals surface area contributed by atoms with E-state index in [4.69, 9.17) is 5.73 Å². The van der Waals surface area contributed by atoms with Crippen LogP contribution in [0.25, 0.3) is 0 Å². The molecule has 148 valence electrons. The molecule has 0 saturated carbocycles. The molecule has 0 bridgehead atoms. The van der Waals surface area contributed by atoms with Crippen molar-refractivity contribution in [3.8, 4) is 0 Å². The van der Waals surface area contributed by atoms with Gasteiger partial charge in [-0.1, -0.05) is 111 Å². The van der Waals surface area contributed by atoms with Gasteiger partial charge in [-0.2, -0.15) is 0 Å². The molecule has 0 rings (SSSR count). The third-order valence-corrected chi connectivity index (χ3v) is 5.90. The Hall–Kier alpha value is 0.440. The highest BCUT2D eigenvalue weighted by Crippen LogP contribution is 2.33. The van der Waals surface area contributed by atoms with Crippen molar-refractivity contribution >= 4 is 17.0 Å². The second-order valence-electron chi connectivity index (χ2n) is 8.95. The zero-order valence-corrected chi connectivity index (χ0v) is 19.3. The Morgan fingerprint density at radius 1 is 0.542 bits per heavy atom. The van der Waals surface area contributed by atoms with E-state index >= 15 is 0 Å². The first-order valence-corrected chi connectivity index (χ1v) is 10.6. The van der Waals surface area contributed by atoms with E-state index in [1.165, 1.54) is 96.3 Å². The highest BCUT2D eigenvalue weighted by atomic mass is 79.9. The highest BCUT2D eigenvalue weighted by Gasteiger charge is 2.32. The number of halogens is 1. The van der Waals surface area contributed by atoms with Gasteiger partial charge in [0, 0.05) is 5.54 Å². The minimum atomic E-state index is -0.0659. The first-order valence-electron chi connectivity index (χ1n) is 10.6. The Balaban J connectivity index is 0. The van der Waals surface area contributed by atoms with Crippen molar-refractivity contribution in [2.24, 2.45) is 11.1 Å². The molecular formula is C22H48BrN. The molecule has 0 unspecified atom stereocenters. The summed E-state index contributed by atoms with van der Waals surface area (Å²) >= 11 is 0. The average Bonchev–Trinajstić information content (AvgIpc) is 2.46. The van der Waals surface area contributed by atoms with Crippen molar-refractivity contribution in [1.82, 2.24) is 0 Å². The predicted octanol–water partition coefficient (Wildman–Crippen LogP) is 8.20. The van der Waals surface area contributed by atoms with Crippen LogP contribution in [0.1, 0.15) is 131 Å². The average molecular weight is 407 g/mol. The van der Waals surface area contributed by atoms with Crippen molar-refractivity contribution in [1.29, 1.82) is 0 Å². The van der Waals surface area contributed by atoms with Gasteiger partial charge in [0.25, 0.3) is 0 Å². The summed E-state index contributed by atoms with van der Waals surface area (Å²) in [4.78, 5) is 0. The molecule has 0 aliphatic carbocycles. The van der Waals surface area contributed by atoms with Gasteiger partial charge in [-0.25, -0.2) is 0 Å². The largest absolute Gasteiger partial charge is 0.325 e. The van der Waals surface area contributed by atoms with Crippen LogP contribution in [0.2, 0.25) is 0 Å². The maximum absolute atomic E-state index is 6.27. The zero-order valence-electron chi connectivity index (χ0n) is 17.6. The molecule has 0 atom stereocenters. The van der Waals surface area contributed by atoms with Crippen LogP contribution in [-0.4, -0.2) is 5.54 Å². The van der Waals surface area contributed by atoms with Gasteiger partial charge in [0.2, 0.25) is 0 Å². The fourth-order valence-electron chi connectivity index (χ4n) is 3.08. The van der Waals surface area contributed by atoms with Crippen molar-refractivity contribution in [2.75, 3.05) is 0 Å². The monoisotopic (exact) mass is 405 g/mol. The van der Waals surface area contributed by atoms with Crippen LogP contribution in [-0.2, 0) is 0 Å². The molecule has 0 saturated heterocycles. The van der Waals surface area contributed by atoms with E-state index in [9.17, 15) is 0 Å². The maximum Gasteiger partial charge on any atom is 0.0148 e. The first-order chi connectivity index (χ1) is 10.8. The summed E-state index contributed by atoms with van der Waals surface area (Å²) in [6.45, 7) is 11.2. The Kier molecular flexibility index (Phi) is 17.4. The minimum absolute atomic E-state index is 0. The van der Waals surface area contributed by atoms with Gasteiger partial charge in [-0.05, 0) is 25.7 Å². The van der Waals surface area contributed by atoms with Crippen LogP contribution in [0.15, 0.2) is 0 Å². The molecule has 0 radical (unpaired) electrons. The molecule has 0 aromatic carbocycles. The normalized spacial score (nSPS) is 12.2. The lowest BCUT2D eigenvalue weighted by Crippen LogP contribution is -2.47. The second-order valence-corrected chi connectivity index (χ2v) is 8.95. The molecule has 2 heteroatoms. The van der Waals surface area contributed by atoms with E-state index in [2.05, 4.69) is 34.6 Å². The van der Waals surface area contributed by atoms with E-state index in [1.807, 2.05) is 0 Å². The molecule has 0 fully saturated rings. The third kappa shape index (κ3) is 14.8. The van der Waals surface area contributed by atoms with Gasteiger partial charge >= 0.3 is 0 Å². The van der Waals surface area contributed by atoms with Crippen LogP contribution < -0.4 is 5.73 Å². The molecule has 1 nitrogen and oxygen atoms in total. The van der Waals surface area contributed by atoms with Gasteiger partial charge in [0.1, 0.15) is 0 Å². The van der Waals surface area contributed by atoms with Crippen molar-refractivity contribution in [3.63, 3.8) is 0 Å². The standard InChI is InChI=1S/C22H47N.BrH/c1-6-7-8-9-10-11-12-13-14-15-16-17-18-19-20-21(2,3)22(4,5)23;/h6-20,23H2,1-5H3;1H. The summed E-state index contributed by atoms with van der Waals surface area (Å²) in [5.41, 5.74) is 6.46.